The summed E-state index contributed by atoms with van der Waals surface area (Å²) in [6, 6.07) is 18.0. The Bertz CT molecular complexity index is 931. The van der Waals surface area contributed by atoms with Crippen molar-refractivity contribution in [3.8, 4) is 0 Å². The molecule has 0 radical (unpaired) electrons. The zero-order chi connectivity index (χ0) is 20.9. The van der Waals surface area contributed by atoms with Gasteiger partial charge in [0.05, 0.1) is 5.71 Å². The zero-order valence-corrected chi connectivity index (χ0v) is 18.1. The largest absolute Gasteiger partial charge is 0.337 e. The van der Waals surface area contributed by atoms with Crippen molar-refractivity contribution >= 4 is 17.3 Å². The highest BCUT2D eigenvalue weighted by Crippen LogP contribution is 2.34. The lowest BCUT2D eigenvalue weighted by molar-refractivity contribution is 0.0785. The molecule has 0 bridgehead atoms. The van der Waals surface area contributed by atoms with Crippen molar-refractivity contribution in [3.05, 3.63) is 71.3 Å². The Balaban J connectivity index is 1.48. The average Bonchev–Trinajstić information content (AvgIpc) is 2.75. The molecule has 0 saturated heterocycles. The van der Waals surface area contributed by atoms with Crippen LogP contribution in [0.3, 0.4) is 0 Å². The number of carbonyl (C=O) groups excluding carboxylic acids is 1. The molecule has 1 saturated carbocycles. The molecule has 1 fully saturated rings. The van der Waals surface area contributed by atoms with Gasteiger partial charge in [0, 0.05) is 36.7 Å². The predicted octanol–water partition coefficient (Wildman–Crippen LogP) is 5.72. The van der Waals surface area contributed by atoms with Crippen molar-refractivity contribution < 1.29 is 4.79 Å². The van der Waals surface area contributed by atoms with Gasteiger partial charge in [0.1, 0.15) is 0 Å². The molecule has 4 heteroatoms. The third-order valence-electron chi connectivity index (χ3n) is 6.51. The highest BCUT2D eigenvalue weighted by atomic mass is 16.2. The van der Waals surface area contributed by atoms with Crippen molar-refractivity contribution in [2.24, 2.45) is 22.0 Å². The van der Waals surface area contributed by atoms with Gasteiger partial charge in [-0.1, -0.05) is 68.1 Å². The van der Waals surface area contributed by atoms with E-state index in [0.29, 0.717) is 18.4 Å². The topological polar surface area (TPSA) is 45.0 Å². The summed E-state index contributed by atoms with van der Waals surface area (Å²) in [5.41, 5.74) is 5.35. The standard InChI is InChI=1S/C26H31N3O/c1-19-23-12-8-3-4-9-13-24(23)25(28-27-19)21-16-14-20(15-17-21)18-29(2)26(30)22-10-6-5-7-11-22/h5-7,10-11,14-17,23-24H,3-4,8-9,12-13,18H2,1-2H3. The summed E-state index contributed by atoms with van der Waals surface area (Å²) < 4.78 is 0. The summed E-state index contributed by atoms with van der Waals surface area (Å²) in [6.07, 6.45) is 7.66. The van der Waals surface area contributed by atoms with Gasteiger partial charge >= 0.3 is 0 Å². The molecule has 2 aromatic rings. The maximum atomic E-state index is 12.6. The van der Waals surface area contributed by atoms with Crippen LogP contribution < -0.4 is 0 Å². The summed E-state index contributed by atoms with van der Waals surface area (Å²) in [7, 11) is 1.85. The lowest BCUT2D eigenvalue weighted by atomic mass is 9.74. The Kier molecular flexibility index (Phi) is 6.41. The van der Waals surface area contributed by atoms with E-state index in [4.69, 9.17) is 0 Å². The summed E-state index contributed by atoms with van der Waals surface area (Å²) in [4.78, 5) is 14.4. The second-order valence-electron chi connectivity index (χ2n) is 8.66. The zero-order valence-electron chi connectivity index (χ0n) is 18.1. The molecule has 0 N–H and O–H groups in total. The number of carbonyl (C=O) groups is 1. The Labute approximate surface area is 179 Å². The molecular formula is C26H31N3O. The molecule has 2 atom stereocenters. The van der Waals surface area contributed by atoms with Crippen LogP contribution in [-0.2, 0) is 6.54 Å². The Hall–Kier alpha value is -2.75. The van der Waals surface area contributed by atoms with Gasteiger partial charge < -0.3 is 4.90 Å². The third-order valence-corrected chi connectivity index (χ3v) is 6.51. The molecule has 0 aromatic heterocycles. The maximum absolute atomic E-state index is 12.6. The molecule has 4 nitrogen and oxygen atoms in total. The van der Waals surface area contributed by atoms with E-state index in [1.54, 1.807) is 4.90 Å². The molecule has 0 spiro atoms. The van der Waals surface area contributed by atoms with Crippen LogP contribution in [-0.4, -0.2) is 29.3 Å². The monoisotopic (exact) mass is 401 g/mol. The van der Waals surface area contributed by atoms with E-state index < -0.39 is 0 Å². The summed E-state index contributed by atoms with van der Waals surface area (Å²) in [5.74, 6) is 1.06. The summed E-state index contributed by atoms with van der Waals surface area (Å²) in [5, 5.41) is 9.16. The first-order valence-electron chi connectivity index (χ1n) is 11.2. The van der Waals surface area contributed by atoms with Gasteiger partial charge in [0.2, 0.25) is 0 Å². The molecule has 1 heterocycles. The van der Waals surface area contributed by atoms with E-state index in [2.05, 4.69) is 41.4 Å². The molecule has 2 aromatic carbocycles. The number of amides is 1. The number of rotatable bonds is 4. The molecule has 2 aliphatic rings. The Morgan fingerprint density at radius 2 is 1.57 bits per heavy atom. The molecular weight excluding hydrogens is 370 g/mol. The van der Waals surface area contributed by atoms with E-state index in [1.807, 2.05) is 37.4 Å². The van der Waals surface area contributed by atoms with Gasteiger partial charge in [-0.3, -0.25) is 4.79 Å². The van der Waals surface area contributed by atoms with Gasteiger partial charge in [-0.15, -0.1) is 0 Å². The molecule has 1 aliphatic carbocycles. The minimum Gasteiger partial charge on any atom is -0.337 e. The van der Waals surface area contributed by atoms with Crippen LogP contribution in [0, 0.1) is 11.8 Å². The number of hydrogen-bond donors (Lipinski definition) is 0. The number of fused-ring (bicyclic) bond motifs is 1. The second kappa shape index (κ2) is 9.38. The first-order chi connectivity index (χ1) is 14.6. The van der Waals surface area contributed by atoms with E-state index >= 15 is 0 Å². The molecule has 2 unspecified atom stereocenters. The van der Waals surface area contributed by atoms with Gasteiger partial charge in [-0.2, -0.15) is 10.2 Å². The van der Waals surface area contributed by atoms with Gasteiger partial charge in [-0.05, 0) is 43.0 Å². The highest BCUT2D eigenvalue weighted by Gasteiger charge is 2.32. The fourth-order valence-corrected chi connectivity index (χ4v) is 4.79. The molecule has 1 aliphatic heterocycles. The van der Waals surface area contributed by atoms with Crippen molar-refractivity contribution in [2.75, 3.05) is 7.05 Å². The van der Waals surface area contributed by atoms with Crippen LogP contribution in [0.1, 0.15) is 66.9 Å². The van der Waals surface area contributed by atoms with Crippen molar-refractivity contribution in [3.63, 3.8) is 0 Å². The smallest absolute Gasteiger partial charge is 0.253 e. The summed E-state index contributed by atoms with van der Waals surface area (Å²) >= 11 is 0. The highest BCUT2D eigenvalue weighted by molar-refractivity contribution is 6.06. The minimum atomic E-state index is 0.0403. The number of benzene rings is 2. The SMILES string of the molecule is CC1=NN=C(c2ccc(CN(C)C(=O)c3ccccc3)cc2)C2CCCCCCC12. The third kappa shape index (κ3) is 4.53. The van der Waals surface area contributed by atoms with E-state index in [0.717, 1.165) is 16.8 Å². The van der Waals surface area contributed by atoms with Crippen LogP contribution >= 0.6 is 0 Å². The van der Waals surface area contributed by atoms with Gasteiger partial charge in [0.25, 0.3) is 5.91 Å². The minimum absolute atomic E-state index is 0.0403. The predicted molar refractivity (Wildman–Crippen MR) is 123 cm³/mol. The van der Waals surface area contributed by atoms with Crippen LogP contribution in [0.15, 0.2) is 64.8 Å². The normalized spacial score (nSPS) is 21.5. The van der Waals surface area contributed by atoms with Crippen LogP contribution in [0.2, 0.25) is 0 Å². The first kappa shape index (κ1) is 20.5. The van der Waals surface area contributed by atoms with Gasteiger partial charge in [0.15, 0.2) is 0 Å². The van der Waals surface area contributed by atoms with E-state index in [9.17, 15) is 4.79 Å². The number of nitrogens with zero attached hydrogens (tertiary/aromatic N) is 3. The van der Waals surface area contributed by atoms with E-state index in [1.165, 1.54) is 49.8 Å². The van der Waals surface area contributed by atoms with E-state index in [-0.39, 0.29) is 5.91 Å². The molecule has 1 amide bonds. The van der Waals surface area contributed by atoms with Crippen LogP contribution in [0.25, 0.3) is 0 Å². The maximum Gasteiger partial charge on any atom is 0.253 e. The lowest BCUT2D eigenvalue weighted by Crippen LogP contribution is -2.33. The fraction of sp³-hybridized carbons (Fsp3) is 0.423. The van der Waals surface area contributed by atoms with Crippen molar-refractivity contribution in [1.29, 1.82) is 0 Å². The van der Waals surface area contributed by atoms with Crippen molar-refractivity contribution in [1.82, 2.24) is 4.90 Å². The number of hydrogen-bond acceptors (Lipinski definition) is 3. The summed E-state index contributed by atoms with van der Waals surface area (Å²) in [6.45, 7) is 2.73. The fourth-order valence-electron chi connectivity index (χ4n) is 4.79. The molecule has 30 heavy (non-hydrogen) atoms. The second-order valence-corrected chi connectivity index (χ2v) is 8.66. The van der Waals surface area contributed by atoms with Crippen molar-refractivity contribution in [2.45, 2.75) is 52.0 Å². The molecule has 156 valence electrons. The van der Waals surface area contributed by atoms with Gasteiger partial charge in [-0.25, -0.2) is 0 Å². The molecule has 4 rings (SSSR count). The lowest BCUT2D eigenvalue weighted by Gasteiger charge is -2.32. The average molecular weight is 402 g/mol. The first-order valence-corrected chi connectivity index (χ1v) is 11.2. The van der Waals surface area contributed by atoms with Crippen LogP contribution in [0.4, 0.5) is 0 Å². The van der Waals surface area contributed by atoms with Crippen LogP contribution in [0.5, 0.6) is 0 Å². The quantitative estimate of drug-likeness (QED) is 0.646. The Morgan fingerprint density at radius 1 is 0.900 bits per heavy atom. The Morgan fingerprint density at radius 3 is 2.27 bits per heavy atom.